The summed E-state index contributed by atoms with van der Waals surface area (Å²) in [7, 11) is 0. The second kappa shape index (κ2) is 6.92. The number of amides is 1. The monoisotopic (exact) mass is 372 g/mol. The predicted octanol–water partition coefficient (Wildman–Crippen LogP) is 2.93. The Balaban J connectivity index is 1.42. The number of para-hydroxylation sites is 1. The second-order valence-electron chi connectivity index (χ2n) is 7.06. The number of likely N-dealkylation sites (tertiary alicyclic amines) is 1. The van der Waals surface area contributed by atoms with Gasteiger partial charge < -0.3 is 4.90 Å². The highest BCUT2D eigenvalue weighted by molar-refractivity contribution is 5.93. The summed E-state index contributed by atoms with van der Waals surface area (Å²) in [5.74, 6) is 1.09. The van der Waals surface area contributed by atoms with Gasteiger partial charge in [0, 0.05) is 30.9 Å². The third-order valence-corrected chi connectivity index (χ3v) is 5.31. The van der Waals surface area contributed by atoms with Crippen LogP contribution in [-0.4, -0.2) is 48.0 Å². The van der Waals surface area contributed by atoms with Crippen LogP contribution >= 0.6 is 0 Å². The lowest BCUT2D eigenvalue weighted by atomic mass is 9.97. The summed E-state index contributed by atoms with van der Waals surface area (Å²) in [5.41, 5.74) is 2.35. The number of aromatic nitrogens is 5. The number of piperidine rings is 1. The first-order valence-corrected chi connectivity index (χ1v) is 9.48. The van der Waals surface area contributed by atoms with E-state index in [-0.39, 0.29) is 11.8 Å². The fraction of sp³-hybridized carbons (Fsp3) is 0.238. The van der Waals surface area contributed by atoms with E-state index in [9.17, 15) is 4.79 Å². The topological polar surface area (TPSA) is 68.3 Å². The average Bonchev–Trinajstić information content (AvgIpc) is 3.41. The Hall–Kier alpha value is -3.48. The molecule has 7 nitrogen and oxygen atoms in total. The minimum atomic E-state index is -0.000117. The second-order valence-corrected chi connectivity index (χ2v) is 7.06. The minimum absolute atomic E-state index is 0.000117. The lowest BCUT2D eigenvalue weighted by molar-refractivity contribution is 0.0696. The van der Waals surface area contributed by atoms with Gasteiger partial charge in [0.1, 0.15) is 11.5 Å². The Labute approximate surface area is 162 Å². The molecular formula is C21H20N6O. The van der Waals surface area contributed by atoms with Crippen molar-refractivity contribution in [3.8, 4) is 5.69 Å². The van der Waals surface area contributed by atoms with Crippen molar-refractivity contribution < 1.29 is 4.79 Å². The Morgan fingerprint density at radius 1 is 1.04 bits per heavy atom. The van der Waals surface area contributed by atoms with Crippen molar-refractivity contribution >= 4 is 11.6 Å². The molecule has 1 amide bonds. The van der Waals surface area contributed by atoms with E-state index >= 15 is 0 Å². The molecule has 1 fully saturated rings. The first kappa shape index (κ1) is 16.7. The van der Waals surface area contributed by atoms with E-state index in [4.69, 9.17) is 0 Å². The molecule has 28 heavy (non-hydrogen) atoms. The lowest BCUT2D eigenvalue weighted by Crippen LogP contribution is -2.40. The van der Waals surface area contributed by atoms with Crippen LogP contribution in [0.2, 0.25) is 0 Å². The molecule has 140 valence electrons. The van der Waals surface area contributed by atoms with Crippen molar-refractivity contribution in [1.82, 2.24) is 29.0 Å². The van der Waals surface area contributed by atoms with Gasteiger partial charge in [-0.15, -0.1) is 10.2 Å². The van der Waals surface area contributed by atoms with Crippen LogP contribution in [0.5, 0.6) is 0 Å². The summed E-state index contributed by atoms with van der Waals surface area (Å²) < 4.78 is 3.87. The van der Waals surface area contributed by atoms with Crippen LogP contribution in [0.3, 0.4) is 0 Å². The molecule has 1 aliphatic heterocycles. The van der Waals surface area contributed by atoms with Crippen molar-refractivity contribution in [2.45, 2.75) is 18.8 Å². The standard InChI is InChI=1S/C21H20N6O/c28-21(18-13-22-15-27(18)17-8-2-1-3-9-17)25-11-6-7-16(14-25)20-24-23-19-10-4-5-12-26(19)20/h1-5,8-10,12-13,15-16H,6-7,11,14H2. The Morgan fingerprint density at radius 2 is 1.89 bits per heavy atom. The van der Waals surface area contributed by atoms with Gasteiger partial charge in [-0.2, -0.15) is 0 Å². The van der Waals surface area contributed by atoms with Gasteiger partial charge in [0.15, 0.2) is 5.65 Å². The molecule has 0 radical (unpaired) electrons. The molecule has 1 atom stereocenters. The van der Waals surface area contributed by atoms with Gasteiger partial charge in [0.25, 0.3) is 5.91 Å². The fourth-order valence-electron chi connectivity index (χ4n) is 3.92. The number of fused-ring (bicyclic) bond motifs is 1. The Kier molecular flexibility index (Phi) is 4.12. The first-order valence-electron chi connectivity index (χ1n) is 9.48. The average molecular weight is 372 g/mol. The van der Waals surface area contributed by atoms with Gasteiger partial charge in [0.2, 0.25) is 0 Å². The summed E-state index contributed by atoms with van der Waals surface area (Å²) in [6.07, 6.45) is 7.26. The van der Waals surface area contributed by atoms with Crippen molar-refractivity contribution in [3.63, 3.8) is 0 Å². The third-order valence-electron chi connectivity index (χ3n) is 5.31. The number of hydrogen-bond donors (Lipinski definition) is 0. The zero-order valence-corrected chi connectivity index (χ0v) is 15.3. The summed E-state index contributed by atoms with van der Waals surface area (Å²) >= 11 is 0. The number of carbonyl (C=O) groups is 1. The number of hydrogen-bond acceptors (Lipinski definition) is 4. The summed E-state index contributed by atoms with van der Waals surface area (Å²) in [6, 6.07) is 15.7. The van der Waals surface area contributed by atoms with Gasteiger partial charge in [-0.1, -0.05) is 24.3 Å². The molecule has 5 rings (SSSR count). The molecule has 1 saturated heterocycles. The lowest BCUT2D eigenvalue weighted by Gasteiger charge is -2.32. The summed E-state index contributed by atoms with van der Waals surface area (Å²) in [4.78, 5) is 19.4. The summed E-state index contributed by atoms with van der Waals surface area (Å²) in [5, 5.41) is 8.66. The molecule has 4 heterocycles. The van der Waals surface area contributed by atoms with Crippen LogP contribution in [0.15, 0.2) is 67.3 Å². The number of pyridine rings is 1. The van der Waals surface area contributed by atoms with Crippen molar-refractivity contribution in [2.75, 3.05) is 13.1 Å². The van der Waals surface area contributed by atoms with E-state index in [2.05, 4.69) is 15.2 Å². The molecule has 7 heteroatoms. The normalized spacial score (nSPS) is 17.1. The quantitative estimate of drug-likeness (QED) is 0.554. The van der Waals surface area contributed by atoms with E-state index in [0.29, 0.717) is 12.2 Å². The van der Waals surface area contributed by atoms with Crippen LogP contribution in [0.4, 0.5) is 0 Å². The van der Waals surface area contributed by atoms with E-state index in [1.807, 2.05) is 68.6 Å². The highest BCUT2D eigenvalue weighted by Gasteiger charge is 2.29. The van der Waals surface area contributed by atoms with Gasteiger partial charge in [0.05, 0.1) is 12.5 Å². The van der Waals surface area contributed by atoms with Crippen molar-refractivity contribution in [3.05, 3.63) is 78.8 Å². The third kappa shape index (κ3) is 2.85. The molecule has 1 aromatic carbocycles. The highest BCUT2D eigenvalue weighted by atomic mass is 16.2. The number of nitrogens with zero attached hydrogens (tertiary/aromatic N) is 6. The van der Waals surface area contributed by atoms with Crippen LogP contribution in [-0.2, 0) is 0 Å². The maximum absolute atomic E-state index is 13.3. The van der Waals surface area contributed by atoms with Gasteiger partial charge in [-0.3, -0.25) is 13.8 Å². The van der Waals surface area contributed by atoms with Gasteiger partial charge in [-0.25, -0.2) is 4.98 Å². The van der Waals surface area contributed by atoms with Crippen molar-refractivity contribution in [2.24, 2.45) is 0 Å². The molecule has 0 bridgehead atoms. The Bertz CT molecular complexity index is 1120. The maximum Gasteiger partial charge on any atom is 0.272 e. The van der Waals surface area contributed by atoms with Crippen LogP contribution in [0, 0.1) is 0 Å². The number of benzene rings is 1. The molecular weight excluding hydrogens is 352 g/mol. The number of carbonyl (C=O) groups excluding carboxylic acids is 1. The highest BCUT2D eigenvalue weighted by Crippen LogP contribution is 2.27. The van der Waals surface area contributed by atoms with E-state index in [1.54, 1.807) is 12.5 Å². The zero-order valence-electron chi connectivity index (χ0n) is 15.3. The van der Waals surface area contributed by atoms with E-state index in [0.717, 1.165) is 36.5 Å². The van der Waals surface area contributed by atoms with Gasteiger partial charge >= 0.3 is 0 Å². The predicted molar refractivity (Wildman–Crippen MR) is 104 cm³/mol. The van der Waals surface area contributed by atoms with Crippen LogP contribution in [0.1, 0.15) is 35.1 Å². The molecule has 3 aromatic heterocycles. The first-order chi connectivity index (χ1) is 13.8. The number of rotatable bonds is 3. The SMILES string of the molecule is O=C(c1cncn1-c1ccccc1)N1CCCC(c2nnc3ccccn23)C1. The van der Waals surface area contributed by atoms with Crippen LogP contribution in [0.25, 0.3) is 11.3 Å². The Morgan fingerprint density at radius 3 is 2.79 bits per heavy atom. The number of imidazole rings is 1. The minimum Gasteiger partial charge on any atom is -0.337 e. The molecule has 0 N–H and O–H groups in total. The largest absolute Gasteiger partial charge is 0.337 e. The van der Waals surface area contributed by atoms with E-state index in [1.165, 1.54) is 0 Å². The van der Waals surface area contributed by atoms with Crippen LogP contribution < -0.4 is 0 Å². The molecule has 0 saturated carbocycles. The molecule has 0 aliphatic carbocycles. The van der Waals surface area contributed by atoms with E-state index < -0.39 is 0 Å². The zero-order chi connectivity index (χ0) is 18.9. The molecule has 1 unspecified atom stereocenters. The smallest absolute Gasteiger partial charge is 0.272 e. The fourth-order valence-corrected chi connectivity index (χ4v) is 3.92. The maximum atomic E-state index is 13.3. The molecule has 1 aliphatic rings. The molecule has 4 aromatic rings. The summed E-state index contributed by atoms with van der Waals surface area (Å²) in [6.45, 7) is 1.38. The molecule has 0 spiro atoms. The van der Waals surface area contributed by atoms with Crippen molar-refractivity contribution in [1.29, 1.82) is 0 Å². The van der Waals surface area contributed by atoms with Gasteiger partial charge in [-0.05, 0) is 37.1 Å².